The van der Waals surface area contributed by atoms with Gasteiger partial charge in [0, 0.05) is 50.4 Å². The lowest BCUT2D eigenvalue weighted by molar-refractivity contribution is -0.136. The molecule has 9 heteroatoms. The molecule has 3 aliphatic heterocycles. The molecule has 0 aliphatic carbocycles. The summed E-state index contributed by atoms with van der Waals surface area (Å²) in [5.74, 6) is 0.136. The number of benzene rings is 4. The molecule has 0 spiro atoms. The van der Waals surface area contributed by atoms with Crippen molar-refractivity contribution in [2.75, 3.05) is 44.2 Å². The van der Waals surface area contributed by atoms with Crippen molar-refractivity contribution in [3.05, 3.63) is 125 Å². The summed E-state index contributed by atoms with van der Waals surface area (Å²) in [4.78, 5) is 43.4. The molecule has 0 saturated carbocycles. The largest absolute Gasteiger partial charge is 0.508 e. The summed E-state index contributed by atoms with van der Waals surface area (Å²) in [7, 11) is 0. The third-order valence-corrected chi connectivity index (χ3v) is 10.5. The van der Waals surface area contributed by atoms with Crippen molar-refractivity contribution in [3.63, 3.8) is 0 Å². The highest BCUT2D eigenvalue weighted by Crippen LogP contribution is 2.36. The number of nitrogens with zero attached hydrogens (tertiary/aromatic N) is 3. The summed E-state index contributed by atoms with van der Waals surface area (Å²) in [6.07, 6.45) is 3.45. The van der Waals surface area contributed by atoms with Gasteiger partial charge in [-0.05, 0) is 108 Å². The van der Waals surface area contributed by atoms with E-state index >= 15 is 0 Å². The Bertz CT molecular complexity index is 1930. The van der Waals surface area contributed by atoms with Crippen LogP contribution in [0.4, 0.5) is 5.69 Å². The van der Waals surface area contributed by atoms with Crippen molar-refractivity contribution < 1.29 is 24.2 Å². The van der Waals surface area contributed by atoms with Gasteiger partial charge in [-0.3, -0.25) is 24.6 Å². The quantitative estimate of drug-likeness (QED) is 0.0990. The van der Waals surface area contributed by atoms with Crippen LogP contribution in [-0.2, 0) is 16.1 Å². The van der Waals surface area contributed by atoms with Crippen LogP contribution in [0.25, 0.3) is 11.1 Å². The number of hydrogen-bond acceptors (Lipinski definition) is 7. The van der Waals surface area contributed by atoms with Crippen molar-refractivity contribution in [3.8, 4) is 11.5 Å². The summed E-state index contributed by atoms with van der Waals surface area (Å²) in [5, 5.41) is 12.3. The molecule has 0 radical (unpaired) electrons. The van der Waals surface area contributed by atoms with E-state index in [1.807, 2.05) is 30.3 Å². The van der Waals surface area contributed by atoms with E-state index in [4.69, 9.17) is 4.74 Å². The number of phenols is 1. The van der Waals surface area contributed by atoms with Gasteiger partial charge in [0.05, 0.1) is 6.61 Å². The lowest BCUT2D eigenvalue weighted by Crippen LogP contribution is -2.52. The summed E-state index contributed by atoms with van der Waals surface area (Å²) in [6.45, 7) is 8.14. The maximum atomic E-state index is 13.0. The van der Waals surface area contributed by atoms with E-state index in [-0.39, 0.29) is 24.0 Å². The molecule has 9 nitrogen and oxygen atoms in total. The first-order valence-electron chi connectivity index (χ1n) is 18.4. The minimum absolute atomic E-state index is 0.172. The zero-order chi connectivity index (χ0) is 36.0. The smallest absolute Gasteiger partial charge is 0.255 e. The number of nitrogens with one attached hydrogen (secondary N) is 1. The molecule has 0 aromatic heterocycles. The second-order valence-electron chi connectivity index (χ2n) is 13.8. The number of carbonyl (C=O) groups is 3. The summed E-state index contributed by atoms with van der Waals surface area (Å²) >= 11 is 0. The number of aromatic hydroxyl groups is 1. The summed E-state index contributed by atoms with van der Waals surface area (Å²) in [5.41, 5.74) is 8.61. The molecule has 52 heavy (non-hydrogen) atoms. The van der Waals surface area contributed by atoms with Crippen molar-refractivity contribution in [1.29, 1.82) is 0 Å². The first-order chi connectivity index (χ1) is 25.4. The van der Waals surface area contributed by atoms with Crippen LogP contribution < -0.4 is 15.0 Å². The molecule has 2 fully saturated rings. The van der Waals surface area contributed by atoms with Crippen molar-refractivity contribution in [2.45, 2.75) is 51.6 Å². The zero-order valence-corrected chi connectivity index (χ0v) is 29.7. The molecule has 3 heterocycles. The van der Waals surface area contributed by atoms with Crippen molar-refractivity contribution in [2.24, 2.45) is 0 Å². The number of phenolic OH excluding ortho intramolecular Hbond substituents is 1. The predicted molar refractivity (Wildman–Crippen MR) is 203 cm³/mol. The van der Waals surface area contributed by atoms with Gasteiger partial charge in [-0.1, -0.05) is 61.5 Å². The number of ether oxygens (including phenoxy) is 1. The van der Waals surface area contributed by atoms with Crippen LogP contribution in [0, 0.1) is 0 Å². The maximum absolute atomic E-state index is 13.0. The summed E-state index contributed by atoms with van der Waals surface area (Å²) in [6, 6.07) is 31.9. The second kappa shape index (κ2) is 15.9. The van der Waals surface area contributed by atoms with Gasteiger partial charge in [-0.25, -0.2) is 0 Å². The second-order valence-corrected chi connectivity index (χ2v) is 13.8. The molecule has 1 atom stereocenters. The normalized spacial score (nSPS) is 18.2. The lowest BCUT2D eigenvalue weighted by atomic mass is 9.88. The molecule has 3 amide bonds. The van der Waals surface area contributed by atoms with Crippen LogP contribution in [0.5, 0.6) is 11.5 Å². The third kappa shape index (κ3) is 7.75. The minimum atomic E-state index is -0.614. The number of rotatable bonds is 12. The number of hydrogen-bond donors (Lipinski definition) is 2. The molecule has 4 aromatic carbocycles. The van der Waals surface area contributed by atoms with Gasteiger partial charge in [0.25, 0.3) is 5.91 Å². The topological polar surface area (TPSA) is 102 Å². The Hall–Kier alpha value is -5.41. The Morgan fingerprint density at radius 3 is 2.23 bits per heavy atom. The molecule has 2 N–H and O–H groups in total. The lowest BCUT2D eigenvalue weighted by Gasteiger charge is -2.36. The van der Waals surface area contributed by atoms with Gasteiger partial charge in [0.1, 0.15) is 17.5 Å². The average Bonchev–Trinajstić information content (AvgIpc) is 3.49. The van der Waals surface area contributed by atoms with Gasteiger partial charge in [-0.2, -0.15) is 0 Å². The molecular weight excluding hydrogens is 652 g/mol. The van der Waals surface area contributed by atoms with Crippen LogP contribution >= 0.6 is 0 Å². The molecule has 4 aromatic rings. The highest BCUT2D eigenvalue weighted by atomic mass is 16.5. The third-order valence-electron chi connectivity index (χ3n) is 10.5. The fourth-order valence-corrected chi connectivity index (χ4v) is 7.64. The number of piperazine rings is 1. The minimum Gasteiger partial charge on any atom is -0.508 e. The van der Waals surface area contributed by atoms with E-state index in [0.29, 0.717) is 25.1 Å². The van der Waals surface area contributed by atoms with E-state index < -0.39 is 11.9 Å². The Balaban J connectivity index is 0.885. The first-order valence-corrected chi connectivity index (χ1v) is 18.4. The van der Waals surface area contributed by atoms with E-state index in [9.17, 15) is 19.5 Å². The van der Waals surface area contributed by atoms with Gasteiger partial charge in [-0.15, -0.1) is 0 Å². The first kappa shape index (κ1) is 35.0. The maximum Gasteiger partial charge on any atom is 0.255 e. The van der Waals surface area contributed by atoms with Crippen LogP contribution in [0.3, 0.4) is 0 Å². The molecule has 0 bridgehead atoms. The van der Waals surface area contributed by atoms with Crippen LogP contribution in [0.2, 0.25) is 0 Å². The SMILES string of the molecule is CCC(=C(c1ccc(O)cc1)c1ccc(N2CCN(CCCCOc3ccc4c(c3)CN(C3CCC(=O)NC3=O)C4=O)CC2)cc1)c1ccccc1. The Morgan fingerprint density at radius 1 is 0.827 bits per heavy atom. The standard InChI is InChI=1S/C43H46N4O5/c1-2-37(30-8-4-3-5-9-30)41(32-12-16-35(48)17-13-32)31-10-14-34(15-11-31)46-25-23-45(24-26-46)22-6-7-27-52-36-18-19-38-33(28-36)29-47(43(38)51)39-20-21-40(49)44-42(39)50/h3-5,8-19,28,39,48H,2,6-7,20-27,29H2,1H3,(H,44,49,50). The number of carbonyl (C=O) groups excluding carboxylic acids is 3. The molecule has 7 rings (SSSR count). The molecule has 1 unspecified atom stereocenters. The van der Waals surface area contributed by atoms with Crippen molar-refractivity contribution >= 4 is 34.6 Å². The average molecular weight is 699 g/mol. The number of unbranched alkanes of at least 4 members (excludes halogenated alkanes) is 1. The van der Waals surface area contributed by atoms with Gasteiger partial charge in [0.2, 0.25) is 11.8 Å². The molecule has 2 saturated heterocycles. The highest BCUT2D eigenvalue weighted by molar-refractivity contribution is 6.05. The van der Waals surface area contributed by atoms with Gasteiger partial charge >= 0.3 is 0 Å². The number of imide groups is 1. The Labute approximate surface area is 305 Å². The number of fused-ring (bicyclic) bond motifs is 1. The summed E-state index contributed by atoms with van der Waals surface area (Å²) < 4.78 is 6.06. The Morgan fingerprint density at radius 2 is 1.54 bits per heavy atom. The molecule has 3 aliphatic rings. The monoisotopic (exact) mass is 698 g/mol. The van der Waals surface area contributed by atoms with Crippen LogP contribution in [0.1, 0.15) is 71.6 Å². The predicted octanol–water partition coefficient (Wildman–Crippen LogP) is 6.50. The number of allylic oxidation sites excluding steroid dienone is 1. The highest BCUT2D eigenvalue weighted by Gasteiger charge is 2.39. The van der Waals surface area contributed by atoms with E-state index in [1.54, 1.807) is 23.1 Å². The Kier molecular flexibility index (Phi) is 10.7. The molecule has 268 valence electrons. The fraction of sp³-hybridized carbons (Fsp3) is 0.326. The van der Waals surface area contributed by atoms with E-state index in [2.05, 4.69) is 70.6 Å². The zero-order valence-electron chi connectivity index (χ0n) is 29.7. The van der Waals surface area contributed by atoms with Crippen LogP contribution in [-0.4, -0.2) is 78.0 Å². The molecular formula is C43H46N4O5. The number of amides is 3. The fourth-order valence-electron chi connectivity index (χ4n) is 7.64. The number of piperidine rings is 1. The number of anilines is 1. The van der Waals surface area contributed by atoms with Gasteiger partial charge in [0.15, 0.2) is 0 Å². The van der Waals surface area contributed by atoms with Crippen LogP contribution in [0.15, 0.2) is 97.1 Å². The van der Waals surface area contributed by atoms with E-state index in [0.717, 1.165) is 68.9 Å². The van der Waals surface area contributed by atoms with Gasteiger partial charge < -0.3 is 19.6 Å². The van der Waals surface area contributed by atoms with Crippen molar-refractivity contribution in [1.82, 2.24) is 15.1 Å². The van der Waals surface area contributed by atoms with E-state index in [1.165, 1.54) is 28.0 Å².